The number of methoxy groups -OCH3 is 1. The maximum Gasteiger partial charge on any atom is 0.312 e. The summed E-state index contributed by atoms with van der Waals surface area (Å²) in [6, 6.07) is 4.32. The van der Waals surface area contributed by atoms with Crippen molar-refractivity contribution in [2.45, 2.75) is 6.42 Å². The summed E-state index contributed by atoms with van der Waals surface area (Å²) in [5.74, 6) is -0.311. The van der Waals surface area contributed by atoms with Gasteiger partial charge < -0.3 is 9.47 Å². The van der Waals surface area contributed by atoms with E-state index in [0.29, 0.717) is 18.8 Å². The lowest BCUT2D eigenvalue weighted by atomic mass is 9.97. The molecule has 1 unspecified atom stereocenters. The minimum absolute atomic E-state index is 0.297. The molecule has 15 heavy (non-hydrogen) atoms. The van der Waals surface area contributed by atoms with E-state index in [4.69, 9.17) is 4.74 Å². The van der Waals surface area contributed by atoms with Gasteiger partial charge in [0.15, 0.2) is 0 Å². The van der Waals surface area contributed by atoms with E-state index < -0.39 is 0 Å². The summed E-state index contributed by atoms with van der Waals surface area (Å²) in [6.07, 6.45) is 0.472. The van der Waals surface area contributed by atoms with Gasteiger partial charge in [-0.15, -0.1) is 0 Å². The molecule has 0 bridgehead atoms. The van der Waals surface area contributed by atoms with Crippen molar-refractivity contribution >= 4 is 5.97 Å². The lowest BCUT2D eigenvalue weighted by Gasteiger charge is -2.23. The molecule has 4 heteroatoms. The Hall–Kier alpha value is -1.58. The molecule has 0 N–H and O–H groups in total. The summed E-state index contributed by atoms with van der Waals surface area (Å²) in [4.78, 5) is 11.3. The van der Waals surface area contributed by atoms with Gasteiger partial charge in [0.2, 0.25) is 0 Å². The monoisotopic (exact) mass is 210 g/mol. The van der Waals surface area contributed by atoms with Gasteiger partial charge in [0.05, 0.1) is 13.0 Å². The average molecular weight is 210 g/mol. The minimum atomic E-state index is -0.329. The Labute approximate surface area is 86.8 Å². The fourth-order valence-corrected chi connectivity index (χ4v) is 1.68. The highest BCUT2D eigenvalue weighted by Gasteiger charge is 2.26. The summed E-state index contributed by atoms with van der Waals surface area (Å²) < 4.78 is 22.9. The number of carbonyl (C=O) groups excluding carboxylic acids is 1. The second kappa shape index (κ2) is 3.88. The van der Waals surface area contributed by atoms with Crippen LogP contribution in [0.3, 0.4) is 0 Å². The van der Waals surface area contributed by atoms with E-state index >= 15 is 0 Å². The van der Waals surface area contributed by atoms with Crippen molar-refractivity contribution in [2.24, 2.45) is 5.92 Å². The third-order valence-corrected chi connectivity index (χ3v) is 2.46. The molecule has 0 radical (unpaired) electrons. The van der Waals surface area contributed by atoms with Gasteiger partial charge in [-0.25, -0.2) is 4.39 Å². The minimum Gasteiger partial charge on any atom is -0.492 e. The fourth-order valence-electron chi connectivity index (χ4n) is 1.68. The van der Waals surface area contributed by atoms with Crippen LogP contribution >= 0.6 is 0 Å². The number of carbonyl (C=O) groups is 1. The van der Waals surface area contributed by atoms with Crippen LogP contribution in [0.15, 0.2) is 18.2 Å². The van der Waals surface area contributed by atoms with Crippen LogP contribution in [0, 0.1) is 11.7 Å². The van der Waals surface area contributed by atoms with Gasteiger partial charge in [-0.05, 0) is 30.2 Å². The molecule has 1 atom stereocenters. The standard InChI is InChI=1S/C11H11FO3/c1-14-11(13)8-4-7-5-9(12)2-3-10(7)15-6-8/h2-3,5,8H,4,6H2,1H3. The Morgan fingerprint density at radius 2 is 2.40 bits per heavy atom. The third-order valence-electron chi connectivity index (χ3n) is 2.46. The average Bonchev–Trinajstić information content (AvgIpc) is 2.27. The van der Waals surface area contributed by atoms with Gasteiger partial charge in [-0.1, -0.05) is 0 Å². The first-order valence-corrected chi connectivity index (χ1v) is 4.70. The molecule has 1 heterocycles. The van der Waals surface area contributed by atoms with Gasteiger partial charge in [0, 0.05) is 0 Å². The molecule has 1 aliphatic heterocycles. The Kier molecular flexibility index (Phi) is 2.58. The van der Waals surface area contributed by atoms with Gasteiger partial charge in [-0.3, -0.25) is 4.79 Å². The molecular formula is C11H11FO3. The zero-order valence-corrected chi connectivity index (χ0v) is 8.33. The molecule has 80 valence electrons. The van der Waals surface area contributed by atoms with Crippen molar-refractivity contribution in [1.29, 1.82) is 0 Å². The van der Waals surface area contributed by atoms with Crippen LogP contribution in [-0.4, -0.2) is 19.7 Å². The number of esters is 1. The van der Waals surface area contributed by atoms with Crippen LogP contribution in [0.5, 0.6) is 5.75 Å². The zero-order chi connectivity index (χ0) is 10.8. The highest BCUT2D eigenvalue weighted by molar-refractivity contribution is 5.73. The van der Waals surface area contributed by atoms with E-state index in [0.717, 1.165) is 5.56 Å². The molecule has 2 rings (SSSR count). The number of hydrogen-bond acceptors (Lipinski definition) is 3. The van der Waals surface area contributed by atoms with Crippen LogP contribution in [-0.2, 0) is 16.0 Å². The summed E-state index contributed by atoms with van der Waals surface area (Å²) in [5.41, 5.74) is 0.719. The predicted octanol–water partition coefficient (Wildman–Crippen LogP) is 1.55. The second-order valence-corrected chi connectivity index (χ2v) is 3.49. The predicted molar refractivity (Wildman–Crippen MR) is 51.1 cm³/mol. The first kappa shape index (κ1) is 9.96. The Bertz CT molecular complexity index is 389. The SMILES string of the molecule is COC(=O)C1COc2ccc(F)cc2C1. The van der Waals surface area contributed by atoms with Crippen molar-refractivity contribution in [1.82, 2.24) is 0 Å². The van der Waals surface area contributed by atoms with E-state index in [1.807, 2.05) is 0 Å². The molecule has 0 saturated carbocycles. The molecule has 0 aromatic heterocycles. The van der Waals surface area contributed by atoms with E-state index in [-0.39, 0.29) is 17.7 Å². The smallest absolute Gasteiger partial charge is 0.312 e. The first-order valence-electron chi connectivity index (χ1n) is 4.70. The van der Waals surface area contributed by atoms with E-state index in [1.54, 1.807) is 6.07 Å². The second-order valence-electron chi connectivity index (χ2n) is 3.49. The number of benzene rings is 1. The molecule has 0 fully saturated rings. The van der Waals surface area contributed by atoms with Crippen molar-refractivity contribution < 1.29 is 18.7 Å². The maximum absolute atomic E-state index is 12.9. The lowest BCUT2D eigenvalue weighted by molar-refractivity contribution is -0.146. The van der Waals surface area contributed by atoms with E-state index in [2.05, 4.69) is 4.74 Å². The quantitative estimate of drug-likeness (QED) is 0.660. The molecule has 1 aliphatic rings. The molecule has 0 aliphatic carbocycles. The number of ether oxygens (including phenoxy) is 2. The molecule has 1 aromatic rings. The normalized spacial score (nSPS) is 18.9. The summed E-state index contributed by atoms with van der Waals surface area (Å²) >= 11 is 0. The van der Waals surface area contributed by atoms with Crippen LogP contribution in [0.1, 0.15) is 5.56 Å². The fraction of sp³-hybridized carbons (Fsp3) is 0.364. The van der Waals surface area contributed by atoms with Gasteiger partial charge in [0.25, 0.3) is 0 Å². The molecule has 0 spiro atoms. The third kappa shape index (κ3) is 1.93. The van der Waals surface area contributed by atoms with Crippen molar-refractivity contribution in [2.75, 3.05) is 13.7 Å². The van der Waals surface area contributed by atoms with Crippen LogP contribution in [0.2, 0.25) is 0 Å². The lowest BCUT2D eigenvalue weighted by Crippen LogP contribution is -2.29. The summed E-state index contributed by atoms with van der Waals surface area (Å²) in [6.45, 7) is 0.297. The number of fused-ring (bicyclic) bond motifs is 1. The maximum atomic E-state index is 12.9. The van der Waals surface area contributed by atoms with Crippen LogP contribution in [0.4, 0.5) is 4.39 Å². The Morgan fingerprint density at radius 3 is 3.13 bits per heavy atom. The largest absolute Gasteiger partial charge is 0.492 e. The van der Waals surface area contributed by atoms with Gasteiger partial charge in [0.1, 0.15) is 18.2 Å². The molecule has 0 saturated heterocycles. The number of hydrogen-bond donors (Lipinski definition) is 0. The van der Waals surface area contributed by atoms with Gasteiger partial charge in [-0.2, -0.15) is 0 Å². The molecule has 0 amide bonds. The summed E-state index contributed by atoms with van der Waals surface area (Å²) in [5, 5.41) is 0. The van der Waals surface area contributed by atoms with Crippen molar-refractivity contribution in [3.05, 3.63) is 29.6 Å². The van der Waals surface area contributed by atoms with Gasteiger partial charge >= 0.3 is 5.97 Å². The Morgan fingerprint density at radius 1 is 1.60 bits per heavy atom. The molecule has 1 aromatic carbocycles. The van der Waals surface area contributed by atoms with E-state index in [9.17, 15) is 9.18 Å². The topological polar surface area (TPSA) is 35.5 Å². The summed E-state index contributed by atoms with van der Waals surface area (Å²) in [7, 11) is 1.34. The molecule has 3 nitrogen and oxygen atoms in total. The van der Waals surface area contributed by atoms with E-state index in [1.165, 1.54) is 19.2 Å². The van der Waals surface area contributed by atoms with Crippen molar-refractivity contribution in [3.63, 3.8) is 0 Å². The van der Waals surface area contributed by atoms with Crippen molar-refractivity contribution in [3.8, 4) is 5.75 Å². The van der Waals surface area contributed by atoms with Crippen LogP contribution < -0.4 is 4.74 Å². The number of halogens is 1. The highest BCUT2D eigenvalue weighted by Crippen LogP contribution is 2.28. The molecular weight excluding hydrogens is 199 g/mol. The number of rotatable bonds is 1. The zero-order valence-electron chi connectivity index (χ0n) is 8.33. The highest BCUT2D eigenvalue weighted by atomic mass is 19.1. The van der Waals surface area contributed by atoms with Crippen LogP contribution in [0.25, 0.3) is 0 Å². The Balaban J connectivity index is 2.22. The first-order chi connectivity index (χ1) is 7.20.